The lowest BCUT2D eigenvalue weighted by molar-refractivity contribution is -0.137. The number of nitrogens with one attached hydrogen (secondary N) is 1. The topological polar surface area (TPSA) is 117 Å². The van der Waals surface area contributed by atoms with Crippen LogP contribution in [0.25, 0.3) is 32.1 Å². The van der Waals surface area contributed by atoms with Gasteiger partial charge in [0.25, 0.3) is 0 Å². The Morgan fingerprint density at radius 2 is 1.95 bits per heavy atom. The molecule has 0 saturated carbocycles. The number of fused-ring (bicyclic) bond motifs is 4. The molecule has 4 aromatic rings. The summed E-state index contributed by atoms with van der Waals surface area (Å²) in [6.07, 6.45) is -6.80. The highest BCUT2D eigenvalue weighted by atomic mass is 32.1. The lowest BCUT2D eigenvalue weighted by atomic mass is 9.86. The lowest BCUT2D eigenvalue weighted by Gasteiger charge is -2.45. The van der Waals surface area contributed by atoms with E-state index < -0.39 is 74.8 Å². The number of ether oxygens (including phenoxy) is 1. The third kappa shape index (κ3) is 4.50. The summed E-state index contributed by atoms with van der Waals surface area (Å²) in [5.41, 5.74) is -0.952. The van der Waals surface area contributed by atoms with Crippen molar-refractivity contribution in [3.63, 3.8) is 0 Å². The highest BCUT2D eigenvalue weighted by molar-refractivity contribution is 7.23. The minimum Gasteiger partial charge on any atom is -0.444 e. The molecule has 0 spiro atoms. The van der Waals surface area contributed by atoms with Crippen LogP contribution in [0.5, 0.6) is 0 Å². The molecule has 0 radical (unpaired) electrons. The molecule has 6 rings (SSSR count). The van der Waals surface area contributed by atoms with Crippen LogP contribution in [0.4, 0.5) is 36.1 Å². The molecule has 44 heavy (non-hydrogen) atoms. The second kappa shape index (κ2) is 9.93. The number of carbonyl (C=O) groups excluding carboxylic acids is 1. The highest BCUT2D eigenvalue weighted by Gasteiger charge is 2.55. The van der Waals surface area contributed by atoms with E-state index in [-0.39, 0.29) is 39.3 Å². The van der Waals surface area contributed by atoms with Crippen LogP contribution in [0.15, 0.2) is 18.2 Å². The first kappa shape index (κ1) is 29.9. The minimum absolute atomic E-state index is 0.0166. The van der Waals surface area contributed by atoms with Gasteiger partial charge in [0.1, 0.15) is 33.5 Å². The number of thiophene rings is 1. The summed E-state index contributed by atoms with van der Waals surface area (Å²) in [5.74, 6) is -2.42. The number of nitrogen functional groups attached to an aromatic ring is 1. The van der Waals surface area contributed by atoms with Crippen LogP contribution < -0.4 is 11.1 Å². The summed E-state index contributed by atoms with van der Waals surface area (Å²) in [6.45, 7) is 5.29. The molecule has 2 aliphatic rings. The van der Waals surface area contributed by atoms with Gasteiger partial charge in [0.2, 0.25) is 0 Å². The number of aromatic nitrogens is 2. The quantitative estimate of drug-likeness (QED) is 0.189. The predicted molar refractivity (Wildman–Crippen MR) is 150 cm³/mol. The Morgan fingerprint density at radius 1 is 1.23 bits per heavy atom. The van der Waals surface area contributed by atoms with Gasteiger partial charge in [-0.3, -0.25) is 4.90 Å². The molecule has 2 aromatic carbocycles. The average molecular weight is 635 g/mol. The number of hydrogen-bond donors (Lipinski definition) is 2. The number of carbonyl (C=O) groups is 1. The number of benzene rings is 2. The predicted octanol–water partition coefficient (Wildman–Crippen LogP) is 6.60. The van der Waals surface area contributed by atoms with Gasteiger partial charge in [0.05, 0.1) is 21.5 Å². The van der Waals surface area contributed by atoms with Gasteiger partial charge in [-0.05, 0) is 51.3 Å². The van der Waals surface area contributed by atoms with Crippen molar-refractivity contribution >= 4 is 43.4 Å². The molecule has 2 atom stereocenters. The molecule has 8 nitrogen and oxygen atoms in total. The van der Waals surface area contributed by atoms with Crippen LogP contribution in [0, 0.1) is 29.0 Å². The van der Waals surface area contributed by atoms with Gasteiger partial charge in [-0.25, -0.2) is 18.6 Å². The number of anilines is 1. The maximum Gasteiger partial charge on any atom is 0.417 e. The molecule has 3 N–H and O–H groups in total. The summed E-state index contributed by atoms with van der Waals surface area (Å²) in [6, 6.07) is 3.68. The van der Waals surface area contributed by atoms with Crippen LogP contribution in [0.1, 0.15) is 50.4 Å². The van der Waals surface area contributed by atoms with Crippen molar-refractivity contribution in [1.29, 1.82) is 5.26 Å². The van der Waals surface area contributed by atoms with Crippen molar-refractivity contribution in [3.05, 3.63) is 52.7 Å². The third-order valence-electron chi connectivity index (χ3n) is 7.95. The highest BCUT2D eigenvalue weighted by Crippen LogP contribution is 2.50. The van der Waals surface area contributed by atoms with Crippen LogP contribution in [0.2, 0.25) is 0 Å². The van der Waals surface area contributed by atoms with E-state index >= 15 is 8.78 Å². The zero-order valence-electron chi connectivity index (χ0n) is 23.5. The van der Waals surface area contributed by atoms with Crippen LogP contribution >= 0.6 is 11.3 Å². The zero-order valence-corrected chi connectivity index (χ0v) is 24.3. The Labute approximate surface area is 250 Å². The number of nitrogens with two attached hydrogens (primary N) is 1. The van der Waals surface area contributed by atoms with E-state index in [1.54, 1.807) is 26.8 Å². The van der Waals surface area contributed by atoms with E-state index in [0.717, 1.165) is 12.1 Å². The maximum absolute atomic E-state index is 16.6. The molecule has 230 valence electrons. The fourth-order valence-electron chi connectivity index (χ4n) is 6.32. The third-order valence-corrected chi connectivity index (χ3v) is 8.98. The molecule has 2 bridgehead atoms. The number of rotatable bonds is 2. The number of alkyl halides is 3. The van der Waals surface area contributed by atoms with Gasteiger partial charge in [-0.15, -0.1) is 11.3 Å². The Bertz CT molecular complexity index is 1910. The standard InChI is InChI=1S/C29H24F6N6O2S/c1-27(2,3)43-26(42)41-12-6-7-28(41,11-38-10-12)23-14-8-16(29(33,34)35)19(20(31)21(14)39-25(32)40-23)13-4-5-17(30)22-18(13)15(9-36)24(37)44-22/h4-5,8,12,38H,6-7,10-11,37H2,1-3H3. The van der Waals surface area contributed by atoms with Crippen molar-refractivity contribution < 1.29 is 35.9 Å². The number of halogens is 6. The molecule has 1 amide bonds. The van der Waals surface area contributed by atoms with Gasteiger partial charge in [-0.2, -0.15) is 27.8 Å². The summed E-state index contributed by atoms with van der Waals surface area (Å²) in [4.78, 5) is 22.2. The van der Waals surface area contributed by atoms with Crippen molar-refractivity contribution in [2.45, 2.75) is 57.0 Å². The summed E-state index contributed by atoms with van der Waals surface area (Å²) in [7, 11) is 0. The lowest BCUT2D eigenvalue weighted by Crippen LogP contribution is -2.61. The normalized spacial score (nSPS) is 20.4. The molecular formula is C29H24F6N6O2S. The van der Waals surface area contributed by atoms with E-state index in [4.69, 9.17) is 10.5 Å². The second-order valence-electron chi connectivity index (χ2n) is 11.8. The van der Waals surface area contributed by atoms with Crippen LogP contribution in [-0.2, 0) is 16.5 Å². The van der Waals surface area contributed by atoms with Crippen molar-refractivity contribution in [2.75, 3.05) is 18.8 Å². The van der Waals surface area contributed by atoms with Crippen molar-refractivity contribution in [2.24, 2.45) is 0 Å². The fraction of sp³-hybridized carbons (Fsp3) is 0.379. The Hall–Kier alpha value is -4.16. The molecule has 2 saturated heterocycles. The SMILES string of the molecule is CC(C)(C)OC(=O)N1C2CCC1(c1nc(F)nc3c(F)c(-c4ccc(F)c5sc(N)c(C#N)c45)c(C(F)(F)F)cc13)CNC2. The number of hydrogen-bond acceptors (Lipinski definition) is 8. The van der Waals surface area contributed by atoms with E-state index in [2.05, 4.69) is 15.3 Å². The Kier molecular flexibility index (Phi) is 6.75. The average Bonchev–Trinajstić information content (AvgIpc) is 3.38. The van der Waals surface area contributed by atoms with Gasteiger partial charge in [0.15, 0.2) is 5.82 Å². The zero-order chi connectivity index (χ0) is 31.9. The van der Waals surface area contributed by atoms with Crippen molar-refractivity contribution in [3.8, 4) is 17.2 Å². The Balaban J connectivity index is 1.68. The first-order valence-electron chi connectivity index (χ1n) is 13.5. The summed E-state index contributed by atoms with van der Waals surface area (Å²) in [5, 5.41) is 11.9. The van der Waals surface area contributed by atoms with E-state index in [1.165, 1.54) is 4.90 Å². The van der Waals surface area contributed by atoms with E-state index in [1.807, 2.05) is 0 Å². The number of amides is 1. The van der Waals surface area contributed by atoms with Gasteiger partial charge < -0.3 is 15.8 Å². The molecule has 2 fully saturated rings. The monoisotopic (exact) mass is 634 g/mol. The molecule has 2 aromatic heterocycles. The smallest absolute Gasteiger partial charge is 0.417 e. The Morgan fingerprint density at radius 3 is 2.61 bits per heavy atom. The molecule has 4 heterocycles. The van der Waals surface area contributed by atoms with Gasteiger partial charge in [-0.1, -0.05) is 6.07 Å². The van der Waals surface area contributed by atoms with Crippen molar-refractivity contribution in [1.82, 2.24) is 20.2 Å². The summed E-state index contributed by atoms with van der Waals surface area (Å²) >= 11 is 0.634. The first-order chi connectivity index (χ1) is 20.6. The first-order valence-corrected chi connectivity index (χ1v) is 14.3. The fourth-order valence-corrected chi connectivity index (χ4v) is 7.27. The minimum atomic E-state index is -5.18. The number of piperazine rings is 1. The van der Waals surface area contributed by atoms with Gasteiger partial charge in [0, 0.05) is 35.5 Å². The van der Waals surface area contributed by atoms with Crippen LogP contribution in [-0.4, -0.2) is 45.7 Å². The maximum atomic E-state index is 16.6. The molecular weight excluding hydrogens is 610 g/mol. The van der Waals surface area contributed by atoms with E-state index in [9.17, 15) is 27.6 Å². The summed E-state index contributed by atoms with van der Waals surface area (Å²) < 4.78 is 96.2. The molecule has 0 aliphatic carbocycles. The molecule has 15 heteroatoms. The van der Waals surface area contributed by atoms with Crippen LogP contribution in [0.3, 0.4) is 0 Å². The van der Waals surface area contributed by atoms with E-state index in [0.29, 0.717) is 30.4 Å². The number of nitriles is 1. The largest absolute Gasteiger partial charge is 0.444 e. The second-order valence-corrected chi connectivity index (χ2v) is 12.9. The molecule has 2 unspecified atom stereocenters. The number of nitrogens with zero attached hydrogens (tertiary/aromatic N) is 4. The van der Waals surface area contributed by atoms with Gasteiger partial charge >= 0.3 is 18.3 Å². The molecule has 2 aliphatic heterocycles.